The molecule has 1 nitrogen and oxygen atoms in total. The third kappa shape index (κ3) is 2.64. The van der Waals surface area contributed by atoms with Gasteiger partial charge in [-0.2, -0.15) is 0 Å². The highest BCUT2D eigenvalue weighted by Gasteiger charge is 2.08. The number of hydrogen-bond acceptors (Lipinski definition) is 1. The van der Waals surface area contributed by atoms with Crippen molar-refractivity contribution < 1.29 is 4.79 Å². The molecule has 0 aromatic heterocycles. The Morgan fingerprint density at radius 2 is 2.15 bits per heavy atom. The first-order chi connectivity index (χ1) is 6.19. The van der Waals surface area contributed by atoms with Gasteiger partial charge < -0.3 is 0 Å². The second kappa shape index (κ2) is 4.91. The molecule has 0 amide bonds. The predicted molar refractivity (Wildman–Crippen MR) is 61.6 cm³/mol. The lowest BCUT2D eigenvalue weighted by Gasteiger charge is -2.05. The van der Waals surface area contributed by atoms with Crippen LogP contribution in [0.2, 0.25) is 0 Å². The van der Waals surface area contributed by atoms with E-state index in [1.54, 1.807) is 0 Å². The maximum absolute atomic E-state index is 11.4. The van der Waals surface area contributed by atoms with Crippen LogP contribution in [-0.4, -0.2) is 11.1 Å². The molecule has 1 aromatic rings. The third-order valence-corrected chi connectivity index (χ3v) is 2.87. The molecule has 0 bridgehead atoms. The van der Waals surface area contributed by atoms with E-state index in [-0.39, 0.29) is 5.78 Å². The van der Waals surface area contributed by atoms with E-state index in [4.69, 9.17) is 0 Å². The second-order valence-corrected chi connectivity index (χ2v) is 4.19. The van der Waals surface area contributed by atoms with Gasteiger partial charge in [0.2, 0.25) is 0 Å². The van der Waals surface area contributed by atoms with E-state index < -0.39 is 0 Å². The molecule has 0 fully saturated rings. The lowest BCUT2D eigenvalue weighted by molar-refractivity contribution is 0.102. The van der Waals surface area contributed by atoms with Crippen LogP contribution < -0.4 is 0 Å². The van der Waals surface area contributed by atoms with E-state index >= 15 is 0 Å². The van der Waals surface area contributed by atoms with Crippen LogP contribution in [0.25, 0.3) is 0 Å². The number of aryl methyl sites for hydroxylation is 1. The first-order valence-corrected chi connectivity index (χ1v) is 5.98. The van der Waals surface area contributed by atoms with Gasteiger partial charge in [0, 0.05) is 10.0 Å². The molecule has 0 N–H and O–H groups in total. The Bertz CT molecular complexity index is 321. The number of carbonyl (C=O) groups excluding carboxylic acids is 1. The topological polar surface area (TPSA) is 17.1 Å². The minimum atomic E-state index is 0.143. The van der Waals surface area contributed by atoms with Gasteiger partial charge in [-0.05, 0) is 30.2 Å². The van der Waals surface area contributed by atoms with Gasteiger partial charge >= 0.3 is 0 Å². The number of rotatable bonds is 3. The van der Waals surface area contributed by atoms with E-state index in [2.05, 4.69) is 31.9 Å². The fourth-order valence-corrected chi connectivity index (χ4v) is 1.91. The molecule has 1 rings (SSSR count). The number of carbonyl (C=O) groups is 1. The fourth-order valence-electron chi connectivity index (χ4n) is 1.20. The summed E-state index contributed by atoms with van der Waals surface area (Å²) >= 11 is 6.56. The highest BCUT2D eigenvalue weighted by molar-refractivity contribution is 9.10. The molecule has 1 aromatic carbocycles. The number of hydrogen-bond donors (Lipinski definition) is 0. The molecule has 0 spiro atoms. The minimum Gasteiger partial charge on any atom is -0.293 e. The van der Waals surface area contributed by atoms with Crippen molar-refractivity contribution in [2.24, 2.45) is 0 Å². The normalized spacial score (nSPS) is 10.1. The van der Waals surface area contributed by atoms with Crippen molar-refractivity contribution in [3.63, 3.8) is 0 Å². The second-order valence-electron chi connectivity index (χ2n) is 2.71. The molecular formula is C10H10Br2O. The predicted octanol–water partition coefficient (Wildman–Crippen LogP) is 3.59. The maximum atomic E-state index is 11.4. The monoisotopic (exact) mass is 304 g/mol. The molecule has 13 heavy (non-hydrogen) atoms. The number of alkyl halides is 1. The van der Waals surface area contributed by atoms with Crippen molar-refractivity contribution in [3.05, 3.63) is 33.8 Å². The van der Waals surface area contributed by atoms with Crippen LogP contribution in [0, 0.1) is 0 Å². The molecule has 0 heterocycles. The summed E-state index contributed by atoms with van der Waals surface area (Å²) < 4.78 is 1.02. The van der Waals surface area contributed by atoms with Gasteiger partial charge in [0.25, 0.3) is 0 Å². The van der Waals surface area contributed by atoms with Gasteiger partial charge in [0.1, 0.15) is 0 Å². The minimum absolute atomic E-state index is 0.143. The summed E-state index contributed by atoms with van der Waals surface area (Å²) in [7, 11) is 0. The lowest BCUT2D eigenvalue weighted by Crippen LogP contribution is -2.04. The van der Waals surface area contributed by atoms with Crippen molar-refractivity contribution in [2.75, 3.05) is 5.33 Å². The van der Waals surface area contributed by atoms with Crippen molar-refractivity contribution >= 4 is 37.6 Å². The van der Waals surface area contributed by atoms with Gasteiger partial charge in [-0.3, -0.25) is 4.79 Å². The summed E-state index contributed by atoms with van der Waals surface area (Å²) in [5.41, 5.74) is 1.92. The molecule has 70 valence electrons. The summed E-state index contributed by atoms with van der Waals surface area (Å²) in [5.74, 6) is 0.143. The first-order valence-electron chi connectivity index (χ1n) is 4.06. The first kappa shape index (κ1) is 10.9. The van der Waals surface area contributed by atoms with E-state index in [1.165, 1.54) is 0 Å². The van der Waals surface area contributed by atoms with Crippen molar-refractivity contribution in [1.82, 2.24) is 0 Å². The molecule has 0 atom stereocenters. The molecule has 0 unspecified atom stereocenters. The smallest absolute Gasteiger partial charge is 0.173 e. The average Bonchev–Trinajstić information content (AvgIpc) is 2.16. The van der Waals surface area contributed by atoms with Crippen LogP contribution in [0.15, 0.2) is 22.7 Å². The molecule has 0 aliphatic rings. The van der Waals surface area contributed by atoms with Gasteiger partial charge in [-0.1, -0.05) is 38.8 Å². The van der Waals surface area contributed by atoms with Crippen molar-refractivity contribution in [2.45, 2.75) is 13.3 Å². The SMILES string of the molecule is CCc1cc(Br)ccc1C(=O)CBr. The number of Topliss-reactive ketones (excluding diaryl/α,β-unsaturated/α-hetero) is 1. The van der Waals surface area contributed by atoms with E-state index in [9.17, 15) is 4.79 Å². The van der Waals surface area contributed by atoms with Gasteiger partial charge in [-0.25, -0.2) is 0 Å². The van der Waals surface area contributed by atoms with Crippen LogP contribution >= 0.6 is 31.9 Å². The Labute approximate surface area is 94.8 Å². The fraction of sp³-hybridized carbons (Fsp3) is 0.300. The van der Waals surface area contributed by atoms with Crippen LogP contribution in [0.5, 0.6) is 0 Å². The summed E-state index contributed by atoms with van der Waals surface area (Å²) in [6.07, 6.45) is 0.882. The maximum Gasteiger partial charge on any atom is 0.173 e. The Kier molecular flexibility index (Phi) is 4.13. The quantitative estimate of drug-likeness (QED) is 0.616. The molecular weight excluding hydrogens is 296 g/mol. The van der Waals surface area contributed by atoms with Gasteiger partial charge in [0.15, 0.2) is 5.78 Å². The largest absolute Gasteiger partial charge is 0.293 e. The molecule has 0 radical (unpaired) electrons. The van der Waals surface area contributed by atoms with Crippen LogP contribution in [0.3, 0.4) is 0 Å². The summed E-state index contributed by atoms with van der Waals surface area (Å²) in [5, 5.41) is 0.391. The van der Waals surface area contributed by atoms with Crippen LogP contribution in [0.4, 0.5) is 0 Å². The number of benzene rings is 1. The van der Waals surface area contributed by atoms with Crippen molar-refractivity contribution in [1.29, 1.82) is 0 Å². The van der Waals surface area contributed by atoms with Crippen molar-refractivity contribution in [3.8, 4) is 0 Å². The Morgan fingerprint density at radius 3 is 2.69 bits per heavy atom. The van der Waals surface area contributed by atoms with Crippen LogP contribution in [0.1, 0.15) is 22.8 Å². The van der Waals surface area contributed by atoms with Gasteiger partial charge in [0.05, 0.1) is 5.33 Å². The summed E-state index contributed by atoms with van der Waals surface area (Å²) in [4.78, 5) is 11.4. The van der Waals surface area contributed by atoms with E-state index in [0.29, 0.717) is 5.33 Å². The Morgan fingerprint density at radius 1 is 1.46 bits per heavy atom. The zero-order valence-electron chi connectivity index (χ0n) is 7.31. The molecule has 0 aliphatic carbocycles. The summed E-state index contributed by atoms with van der Waals surface area (Å²) in [6, 6.07) is 5.76. The highest BCUT2D eigenvalue weighted by atomic mass is 79.9. The number of halogens is 2. The Hall–Kier alpha value is -0.150. The molecule has 0 saturated carbocycles. The standard InChI is InChI=1S/C10H10Br2O/c1-2-7-5-8(12)3-4-9(7)10(13)6-11/h3-5H,2,6H2,1H3. The highest BCUT2D eigenvalue weighted by Crippen LogP contribution is 2.18. The molecule has 0 saturated heterocycles. The third-order valence-electron chi connectivity index (χ3n) is 1.87. The zero-order chi connectivity index (χ0) is 9.84. The lowest BCUT2D eigenvalue weighted by atomic mass is 10.0. The zero-order valence-corrected chi connectivity index (χ0v) is 10.5. The molecule has 3 heteroatoms. The average molecular weight is 306 g/mol. The van der Waals surface area contributed by atoms with E-state index in [1.807, 2.05) is 25.1 Å². The molecule has 0 aliphatic heterocycles. The Balaban J connectivity index is 3.13. The summed E-state index contributed by atoms with van der Waals surface area (Å²) in [6.45, 7) is 2.05. The van der Waals surface area contributed by atoms with E-state index in [0.717, 1.165) is 22.0 Å². The van der Waals surface area contributed by atoms with Gasteiger partial charge in [-0.15, -0.1) is 0 Å². The number of ketones is 1. The van der Waals surface area contributed by atoms with Crippen LogP contribution in [-0.2, 0) is 6.42 Å².